The topological polar surface area (TPSA) is 58.2 Å². The number of fused-ring (bicyclic) bond motifs is 2. The fourth-order valence-electron chi connectivity index (χ4n) is 6.02. The third-order valence-corrected chi connectivity index (χ3v) is 7.85. The molecule has 0 spiro atoms. The minimum absolute atomic E-state index is 0.0476. The van der Waals surface area contributed by atoms with Gasteiger partial charge in [-0.25, -0.2) is 9.37 Å². The molecule has 0 saturated carbocycles. The average molecular weight is 508 g/mol. The molecule has 5 nitrogen and oxygen atoms in total. The molecule has 2 aromatic carbocycles. The number of imidazole rings is 1. The summed E-state index contributed by atoms with van der Waals surface area (Å²) in [6.45, 7) is 8.24. The van der Waals surface area contributed by atoms with Crippen molar-refractivity contribution in [1.82, 2.24) is 14.9 Å². The number of nitrogens with zero attached hydrogens (tertiary/aromatic N) is 2. The fraction of sp³-hybridized carbons (Fsp3) is 0.548. The van der Waals surface area contributed by atoms with Gasteiger partial charge in [-0.05, 0) is 80.6 Å². The molecular formula is C31H42FN3O2. The van der Waals surface area contributed by atoms with Crippen molar-refractivity contribution < 1.29 is 13.9 Å². The maximum atomic E-state index is 14.0. The SMILES string of the molecule is CCCCC(=O)O[C@]1(CCN(C)CCCc2nc3ccccc3[nH]2)CCc2cc(F)ccc2[C@@H]1C(C)C. The van der Waals surface area contributed by atoms with E-state index < -0.39 is 5.60 Å². The molecule has 0 aliphatic heterocycles. The lowest BCUT2D eigenvalue weighted by Gasteiger charge is -2.47. The van der Waals surface area contributed by atoms with Crippen LogP contribution in [-0.4, -0.2) is 46.6 Å². The first-order valence-corrected chi connectivity index (χ1v) is 13.9. The van der Waals surface area contributed by atoms with Crippen LogP contribution in [0.4, 0.5) is 4.39 Å². The predicted molar refractivity (Wildman–Crippen MR) is 147 cm³/mol. The van der Waals surface area contributed by atoms with Crippen LogP contribution in [0, 0.1) is 11.7 Å². The van der Waals surface area contributed by atoms with Gasteiger partial charge in [0.05, 0.1) is 11.0 Å². The summed E-state index contributed by atoms with van der Waals surface area (Å²) in [5.74, 6) is 1.03. The molecule has 1 aromatic heterocycles. The molecule has 1 aliphatic carbocycles. The summed E-state index contributed by atoms with van der Waals surface area (Å²) in [5.41, 5.74) is 3.71. The Balaban J connectivity index is 1.44. The van der Waals surface area contributed by atoms with Gasteiger partial charge in [0.25, 0.3) is 0 Å². The Kier molecular flexibility index (Phi) is 9.01. The molecule has 6 heteroatoms. The monoisotopic (exact) mass is 507 g/mol. The van der Waals surface area contributed by atoms with Crippen LogP contribution in [0.5, 0.6) is 0 Å². The zero-order valence-electron chi connectivity index (χ0n) is 22.9. The number of carbonyl (C=O) groups is 1. The first kappa shape index (κ1) is 27.3. The Morgan fingerprint density at radius 2 is 2.03 bits per heavy atom. The third kappa shape index (κ3) is 6.59. The number of aromatic amines is 1. The first-order valence-electron chi connectivity index (χ1n) is 13.9. The van der Waals surface area contributed by atoms with E-state index in [1.54, 1.807) is 12.1 Å². The smallest absolute Gasteiger partial charge is 0.306 e. The van der Waals surface area contributed by atoms with Gasteiger partial charge in [-0.15, -0.1) is 0 Å². The molecule has 0 amide bonds. The van der Waals surface area contributed by atoms with Crippen molar-refractivity contribution in [3.8, 4) is 0 Å². The van der Waals surface area contributed by atoms with Gasteiger partial charge >= 0.3 is 5.97 Å². The number of esters is 1. The van der Waals surface area contributed by atoms with Crippen molar-refractivity contribution in [2.24, 2.45) is 5.92 Å². The highest BCUT2D eigenvalue weighted by Gasteiger charge is 2.47. The number of benzene rings is 2. The Labute approximate surface area is 220 Å². The van der Waals surface area contributed by atoms with Crippen LogP contribution in [0.3, 0.4) is 0 Å². The van der Waals surface area contributed by atoms with E-state index in [1.165, 1.54) is 0 Å². The average Bonchev–Trinajstić information content (AvgIpc) is 3.29. The second kappa shape index (κ2) is 12.2. The largest absolute Gasteiger partial charge is 0.458 e. The number of aryl methyl sites for hydroxylation is 2. The van der Waals surface area contributed by atoms with Gasteiger partial charge in [0.1, 0.15) is 17.2 Å². The summed E-state index contributed by atoms with van der Waals surface area (Å²) in [4.78, 5) is 23.4. The van der Waals surface area contributed by atoms with Crippen LogP contribution in [-0.2, 0) is 22.4 Å². The van der Waals surface area contributed by atoms with E-state index in [0.29, 0.717) is 6.42 Å². The summed E-state index contributed by atoms with van der Waals surface area (Å²) in [6.07, 6.45) is 6.37. The number of rotatable bonds is 12. The van der Waals surface area contributed by atoms with Crippen molar-refractivity contribution in [3.05, 3.63) is 65.2 Å². The van der Waals surface area contributed by atoms with Gasteiger partial charge in [0, 0.05) is 31.7 Å². The molecule has 1 aliphatic rings. The molecule has 0 radical (unpaired) electrons. The van der Waals surface area contributed by atoms with Crippen molar-refractivity contribution in [1.29, 1.82) is 0 Å². The Morgan fingerprint density at radius 1 is 1.22 bits per heavy atom. The standard InChI is InChI=1S/C31H42FN3O2/c1-5-6-13-29(36)37-31(17-16-23-21-24(32)14-15-25(23)30(31)22(2)3)18-20-35(4)19-9-12-28-33-26-10-7-8-11-27(26)34-28/h7-8,10-11,14-15,21-22,30H,5-6,9,12-13,16-20H2,1-4H3,(H,33,34)/t30-,31-/m0/s1. The van der Waals surface area contributed by atoms with Crippen LogP contribution >= 0.6 is 0 Å². The van der Waals surface area contributed by atoms with Gasteiger partial charge in [-0.1, -0.05) is 45.4 Å². The summed E-state index contributed by atoms with van der Waals surface area (Å²) >= 11 is 0. The molecule has 0 fully saturated rings. The molecule has 0 bridgehead atoms. The van der Waals surface area contributed by atoms with Crippen LogP contribution in [0.15, 0.2) is 42.5 Å². The van der Waals surface area contributed by atoms with Crippen LogP contribution in [0.1, 0.15) is 82.2 Å². The lowest BCUT2D eigenvalue weighted by atomic mass is 9.65. The van der Waals surface area contributed by atoms with Gasteiger partial charge in [0.15, 0.2) is 0 Å². The second-order valence-corrected chi connectivity index (χ2v) is 11.1. The van der Waals surface area contributed by atoms with Crippen LogP contribution in [0.25, 0.3) is 11.0 Å². The zero-order valence-corrected chi connectivity index (χ0v) is 22.9. The summed E-state index contributed by atoms with van der Waals surface area (Å²) < 4.78 is 20.4. The van der Waals surface area contributed by atoms with Crippen molar-refractivity contribution >= 4 is 17.0 Å². The number of hydrogen-bond acceptors (Lipinski definition) is 4. The molecule has 3 aromatic rings. The zero-order chi connectivity index (χ0) is 26.4. The fourth-order valence-corrected chi connectivity index (χ4v) is 6.02. The molecule has 4 rings (SSSR count). The maximum Gasteiger partial charge on any atom is 0.306 e. The second-order valence-electron chi connectivity index (χ2n) is 11.1. The molecule has 0 unspecified atom stereocenters. The number of H-pyrrole nitrogens is 1. The normalized spacial score (nSPS) is 19.5. The number of hydrogen-bond donors (Lipinski definition) is 1. The van der Waals surface area contributed by atoms with Gasteiger partial charge < -0.3 is 14.6 Å². The third-order valence-electron chi connectivity index (χ3n) is 7.85. The van der Waals surface area contributed by atoms with E-state index in [9.17, 15) is 9.18 Å². The van der Waals surface area contributed by atoms with E-state index >= 15 is 0 Å². The molecule has 2 atom stereocenters. The first-order chi connectivity index (χ1) is 17.8. The lowest BCUT2D eigenvalue weighted by molar-refractivity contribution is -0.167. The molecular weight excluding hydrogens is 465 g/mol. The number of unbranched alkanes of at least 4 members (excludes halogenated alkanes) is 1. The Bertz CT molecular complexity index is 1160. The van der Waals surface area contributed by atoms with Crippen molar-refractivity contribution in [2.75, 3.05) is 20.1 Å². The summed E-state index contributed by atoms with van der Waals surface area (Å²) in [7, 11) is 2.14. The highest BCUT2D eigenvalue weighted by atomic mass is 19.1. The van der Waals surface area contributed by atoms with Gasteiger partial charge in [0.2, 0.25) is 0 Å². The van der Waals surface area contributed by atoms with Crippen molar-refractivity contribution in [2.45, 2.75) is 83.7 Å². The molecule has 200 valence electrons. The number of ether oxygens (including phenoxy) is 1. The molecule has 37 heavy (non-hydrogen) atoms. The number of halogens is 1. The maximum absolute atomic E-state index is 14.0. The summed E-state index contributed by atoms with van der Waals surface area (Å²) in [5, 5.41) is 0. The minimum atomic E-state index is -0.573. The Hall–Kier alpha value is -2.73. The van der Waals surface area contributed by atoms with E-state index in [1.807, 2.05) is 24.3 Å². The van der Waals surface area contributed by atoms with Crippen LogP contribution < -0.4 is 0 Å². The Morgan fingerprint density at radius 3 is 2.78 bits per heavy atom. The summed E-state index contributed by atoms with van der Waals surface area (Å²) in [6, 6.07) is 13.3. The number of carbonyl (C=O) groups excluding carboxylic acids is 1. The number of para-hydroxylation sites is 2. The van der Waals surface area contributed by atoms with Gasteiger partial charge in [-0.2, -0.15) is 0 Å². The van der Waals surface area contributed by atoms with E-state index in [2.05, 4.69) is 43.8 Å². The van der Waals surface area contributed by atoms with Crippen LogP contribution in [0.2, 0.25) is 0 Å². The predicted octanol–water partition coefficient (Wildman–Crippen LogP) is 6.81. The molecule has 1 heterocycles. The molecule has 0 saturated heterocycles. The van der Waals surface area contributed by atoms with E-state index in [4.69, 9.17) is 9.72 Å². The highest BCUT2D eigenvalue weighted by molar-refractivity contribution is 5.74. The van der Waals surface area contributed by atoms with E-state index in [0.717, 1.165) is 86.0 Å². The van der Waals surface area contributed by atoms with Crippen molar-refractivity contribution in [3.63, 3.8) is 0 Å². The van der Waals surface area contributed by atoms with Gasteiger partial charge in [-0.3, -0.25) is 4.79 Å². The highest BCUT2D eigenvalue weighted by Crippen LogP contribution is 2.48. The lowest BCUT2D eigenvalue weighted by Crippen LogP contribution is -2.48. The van der Waals surface area contributed by atoms with E-state index in [-0.39, 0.29) is 23.6 Å². The quantitative estimate of drug-likeness (QED) is 0.274. The number of nitrogens with one attached hydrogen (secondary N) is 1. The minimum Gasteiger partial charge on any atom is -0.458 e. The number of aromatic nitrogens is 2. The molecule has 1 N–H and O–H groups in total.